The largest absolute Gasteiger partial charge is 0.486 e. The summed E-state index contributed by atoms with van der Waals surface area (Å²) in [5, 5.41) is 10.3. The molecule has 0 fully saturated rings. The Morgan fingerprint density at radius 1 is 1.15 bits per heavy atom. The molecule has 3 aromatic rings. The van der Waals surface area contributed by atoms with Gasteiger partial charge in [0.15, 0.2) is 11.5 Å². The number of aromatic nitrogens is 2. The van der Waals surface area contributed by atoms with Crippen molar-refractivity contribution in [3.05, 3.63) is 50.0 Å². The molecule has 2 aromatic heterocycles. The molecule has 1 N–H and O–H groups in total. The maximum absolute atomic E-state index is 12.2. The summed E-state index contributed by atoms with van der Waals surface area (Å²) in [7, 11) is 0. The van der Waals surface area contributed by atoms with E-state index in [9.17, 15) is 4.79 Å². The quantitative estimate of drug-likeness (QED) is 0.696. The molecule has 1 aliphatic heterocycles. The van der Waals surface area contributed by atoms with Gasteiger partial charge < -0.3 is 13.9 Å². The molecule has 0 radical (unpaired) electrons. The third-order valence-electron chi connectivity index (χ3n) is 3.55. The maximum atomic E-state index is 12.2. The van der Waals surface area contributed by atoms with Crippen molar-refractivity contribution >= 4 is 46.5 Å². The molecule has 26 heavy (non-hydrogen) atoms. The lowest BCUT2D eigenvalue weighted by Gasteiger charge is -2.18. The second kappa shape index (κ2) is 7.14. The van der Waals surface area contributed by atoms with Crippen LogP contribution in [0.1, 0.15) is 21.8 Å². The number of halogens is 2. The number of amides is 1. The summed E-state index contributed by atoms with van der Waals surface area (Å²) >= 11 is 12.9. The van der Waals surface area contributed by atoms with Crippen LogP contribution in [0.2, 0.25) is 8.67 Å². The van der Waals surface area contributed by atoms with E-state index in [1.54, 1.807) is 0 Å². The van der Waals surface area contributed by atoms with Gasteiger partial charge >= 0.3 is 6.01 Å². The summed E-state index contributed by atoms with van der Waals surface area (Å²) in [6.45, 7) is 1.06. The number of rotatable bonds is 4. The number of hydrogen-bond donors (Lipinski definition) is 1. The van der Waals surface area contributed by atoms with E-state index < -0.39 is 5.91 Å². The number of nitrogens with zero attached hydrogens (tertiary/aromatic N) is 2. The minimum atomic E-state index is -0.465. The van der Waals surface area contributed by atoms with Crippen molar-refractivity contribution < 1.29 is 18.7 Å². The molecule has 0 aliphatic carbocycles. The van der Waals surface area contributed by atoms with Crippen LogP contribution in [0, 0.1) is 0 Å². The van der Waals surface area contributed by atoms with Gasteiger partial charge in [-0.1, -0.05) is 34.4 Å². The Morgan fingerprint density at radius 3 is 2.73 bits per heavy atom. The van der Waals surface area contributed by atoms with Gasteiger partial charge in [-0.3, -0.25) is 10.1 Å². The topological polar surface area (TPSA) is 86.5 Å². The van der Waals surface area contributed by atoms with Crippen LogP contribution >= 0.6 is 34.5 Å². The van der Waals surface area contributed by atoms with Gasteiger partial charge in [-0.15, -0.1) is 16.4 Å². The van der Waals surface area contributed by atoms with Crippen molar-refractivity contribution in [1.29, 1.82) is 0 Å². The highest BCUT2D eigenvalue weighted by molar-refractivity contribution is 7.20. The average Bonchev–Trinajstić information content (AvgIpc) is 3.20. The molecule has 1 amide bonds. The maximum Gasteiger partial charge on any atom is 0.322 e. The van der Waals surface area contributed by atoms with Crippen molar-refractivity contribution in [3.63, 3.8) is 0 Å². The third kappa shape index (κ3) is 3.62. The van der Waals surface area contributed by atoms with Gasteiger partial charge in [0.1, 0.15) is 17.6 Å². The zero-order valence-corrected chi connectivity index (χ0v) is 15.5. The number of hydrogen-bond acceptors (Lipinski definition) is 7. The van der Waals surface area contributed by atoms with Crippen molar-refractivity contribution in [3.8, 4) is 11.5 Å². The molecule has 134 valence electrons. The monoisotopic (exact) mass is 411 g/mol. The Kier molecular flexibility index (Phi) is 4.71. The molecule has 3 heterocycles. The van der Waals surface area contributed by atoms with Gasteiger partial charge in [-0.25, -0.2) is 0 Å². The van der Waals surface area contributed by atoms with Gasteiger partial charge in [0, 0.05) is 0 Å². The fraction of sp³-hybridized carbons (Fsp3) is 0.188. The van der Waals surface area contributed by atoms with Crippen molar-refractivity contribution in [2.24, 2.45) is 0 Å². The van der Waals surface area contributed by atoms with E-state index in [-0.39, 0.29) is 11.6 Å². The lowest BCUT2D eigenvalue weighted by Crippen LogP contribution is -2.15. The van der Waals surface area contributed by atoms with E-state index in [1.165, 1.54) is 6.07 Å². The van der Waals surface area contributed by atoms with Crippen LogP contribution in [0.3, 0.4) is 0 Å². The van der Waals surface area contributed by atoms with Gasteiger partial charge in [0.25, 0.3) is 5.91 Å². The predicted molar refractivity (Wildman–Crippen MR) is 96.8 cm³/mol. The van der Waals surface area contributed by atoms with Crippen LogP contribution in [0.15, 0.2) is 28.7 Å². The van der Waals surface area contributed by atoms with Crippen LogP contribution in [-0.4, -0.2) is 29.3 Å². The van der Waals surface area contributed by atoms with E-state index in [1.807, 2.05) is 18.2 Å². The highest BCUT2D eigenvalue weighted by atomic mass is 35.5. The Bertz CT molecular complexity index is 972. The highest BCUT2D eigenvalue weighted by Crippen LogP contribution is 2.32. The number of anilines is 1. The summed E-state index contributed by atoms with van der Waals surface area (Å²) < 4.78 is 17.2. The van der Waals surface area contributed by atoms with Crippen molar-refractivity contribution in [2.45, 2.75) is 6.42 Å². The van der Waals surface area contributed by atoms with Crippen LogP contribution in [0.4, 0.5) is 6.01 Å². The number of fused-ring (bicyclic) bond motifs is 1. The number of benzene rings is 1. The van der Waals surface area contributed by atoms with E-state index in [0.29, 0.717) is 45.7 Å². The second-order valence-electron chi connectivity index (χ2n) is 5.35. The summed E-state index contributed by atoms with van der Waals surface area (Å²) in [5.41, 5.74) is 1.18. The summed E-state index contributed by atoms with van der Waals surface area (Å²) in [6.07, 6.45) is 0.393. The lowest BCUT2D eigenvalue weighted by atomic mass is 10.1. The predicted octanol–water partition coefficient (Wildman–Crippen LogP) is 4.05. The molecule has 0 atom stereocenters. The Hall–Kier alpha value is -2.29. The van der Waals surface area contributed by atoms with Crippen LogP contribution in [0.25, 0.3) is 0 Å². The van der Waals surface area contributed by atoms with E-state index in [4.69, 9.17) is 37.1 Å². The molecule has 7 nitrogen and oxygen atoms in total. The molecule has 0 spiro atoms. The van der Waals surface area contributed by atoms with Crippen molar-refractivity contribution in [2.75, 3.05) is 18.5 Å². The molecule has 1 aromatic carbocycles. The molecule has 1 aliphatic rings. The molecule has 4 rings (SSSR count). The average molecular weight is 412 g/mol. The molecule has 0 bridgehead atoms. The first-order valence-electron chi connectivity index (χ1n) is 7.55. The molecular formula is C16H11Cl2N3O4S. The smallest absolute Gasteiger partial charge is 0.322 e. The molecule has 0 saturated heterocycles. The van der Waals surface area contributed by atoms with E-state index >= 15 is 0 Å². The minimum Gasteiger partial charge on any atom is -0.486 e. The van der Waals surface area contributed by atoms with Crippen LogP contribution in [0.5, 0.6) is 11.5 Å². The molecule has 0 unspecified atom stereocenters. The van der Waals surface area contributed by atoms with E-state index in [2.05, 4.69) is 15.5 Å². The summed E-state index contributed by atoms with van der Waals surface area (Å²) in [6, 6.07) is 7.07. The molecule has 0 saturated carbocycles. The lowest BCUT2D eigenvalue weighted by molar-refractivity contribution is 0.102. The fourth-order valence-electron chi connectivity index (χ4n) is 2.41. The minimum absolute atomic E-state index is 0.0130. The molecular weight excluding hydrogens is 401 g/mol. The first-order chi connectivity index (χ1) is 12.6. The van der Waals surface area contributed by atoms with Crippen LogP contribution in [-0.2, 0) is 6.42 Å². The first-order valence-corrected chi connectivity index (χ1v) is 9.13. The van der Waals surface area contributed by atoms with Gasteiger partial charge in [0.05, 0.1) is 16.3 Å². The van der Waals surface area contributed by atoms with Crippen LogP contribution < -0.4 is 14.8 Å². The zero-order chi connectivity index (χ0) is 18.1. The first kappa shape index (κ1) is 17.1. The highest BCUT2D eigenvalue weighted by Gasteiger charge is 2.18. The number of thiophene rings is 1. The number of carbonyl (C=O) groups excluding carboxylic acids is 1. The summed E-state index contributed by atoms with van der Waals surface area (Å²) in [4.78, 5) is 12.2. The van der Waals surface area contributed by atoms with Gasteiger partial charge in [0.2, 0.25) is 5.89 Å². The fourth-order valence-corrected chi connectivity index (χ4v) is 3.87. The summed E-state index contributed by atoms with van der Waals surface area (Å²) in [5.74, 6) is 1.29. The number of ether oxygens (including phenoxy) is 2. The third-order valence-corrected chi connectivity index (χ3v) is 5.04. The van der Waals surface area contributed by atoms with Gasteiger partial charge in [-0.2, -0.15) is 0 Å². The SMILES string of the molecule is O=C(Nc1nnc(Cc2ccc3c(c2)OCCO3)o1)c1cc(Cl)sc1Cl. The zero-order valence-electron chi connectivity index (χ0n) is 13.1. The Labute approximate surface area is 161 Å². The number of carbonyl (C=O) groups is 1. The molecule has 10 heteroatoms. The Morgan fingerprint density at radius 2 is 1.96 bits per heavy atom. The van der Waals surface area contributed by atoms with E-state index in [0.717, 1.165) is 16.9 Å². The standard InChI is InChI=1S/C16H11Cl2N3O4S/c17-12-7-9(14(18)26-12)15(22)19-16-21-20-13(25-16)6-8-1-2-10-11(5-8)24-4-3-23-10/h1-2,5,7H,3-4,6H2,(H,19,21,22). The normalized spacial score (nSPS) is 12.8. The second-order valence-corrected chi connectivity index (χ2v) is 7.63. The van der Waals surface area contributed by atoms with Crippen molar-refractivity contribution in [1.82, 2.24) is 10.2 Å². The Balaban J connectivity index is 1.45. The number of nitrogens with one attached hydrogen (secondary N) is 1. The van der Waals surface area contributed by atoms with Gasteiger partial charge in [-0.05, 0) is 23.8 Å².